The molecule has 0 aliphatic carbocycles. The van der Waals surface area contributed by atoms with Gasteiger partial charge in [-0.3, -0.25) is 4.98 Å². The number of ether oxygens (including phenoxy) is 1. The average molecular weight is 290 g/mol. The van der Waals surface area contributed by atoms with Gasteiger partial charge in [-0.15, -0.1) is 0 Å². The number of hydrogen-bond acceptors (Lipinski definition) is 3. The number of nitrogens with zero attached hydrogens (tertiary/aromatic N) is 1. The molecule has 0 fully saturated rings. The fourth-order valence-electron chi connectivity index (χ4n) is 2.46. The molecule has 3 heteroatoms. The summed E-state index contributed by atoms with van der Waals surface area (Å²) in [6.07, 6.45) is 1.81. The molecule has 1 aromatic heterocycles. The van der Waals surface area contributed by atoms with Gasteiger partial charge in [0.2, 0.25) is 0 Å². The van der Waals surface area contributed by atoms with Crippen molar-refractivity contribution in [3.05, 3.63) is 90.3 Å². The van der Waals surface area contributed by atoms with Gasteiger partial charge in [0.1, 0.15) is 5.75 Å². The molecule has 1 atom stereocenters. The van der Waals surface area contributed by atoms with Gasteiger partial charge < -0.3 is 10.1 Å². The predicted molar refractivity (Wildman–Crippen MR) is 89.1 cm³/mol. The van der Waals surface area contributed by atoms with Crippen molar-refractivity contribution in [2.75, 3.05) is 12.4 Å². The first-order valence-corrected chi connectivity index (χ1v) is 7.24. The second-order valence-electron chi connectivity index (χ2n) is 4.94. The minimum Gasteiger partial charge on any atom is -0.496 e. The summed E-state index contributed by atoms with van der Waals surface area (Å²) in [5.74, 6) is 0.849. The second kappa shape index (κ2) is 6.76. The molecule has 3 nitrogen and oxygen atoms in total. The van der Waals surface area contributed by atoms with Crippen molar-refractivity contribution in [3.8, 4) is 5.75 Å². The molecule has 0 bridgehead atoms. The second-order valence-corrected chi connectivity index (χ2v) is 4.94. The van der Waals surface area contributed by atoms with Crippen molar-refractivity contribution in [1.82, 2.24) is 4.98 Å². The summed E-state index contributed by atoms with van der Waals surface area (Å²) in [4.78, 5) is 4.51. The molecule has 2 aromatic carbocycles. The molecule has 1 N–H and O–H groups in total. The fourth-order valence-corrected chi connectivity index (χ4v) is 2.46. The summed E-state index contributed by atoms with van der Waals surface area (Å²) in [7, 11) is 1.69. The number of rotatable bonds is 5. The monoisotopic (exact) mass is 290 g/mol. The van der Waals surface area contributed by atoms with E-state index in [2.05, 4.69) is 16.4 Å². The van der Waals surface area contributed by atoms with Crippen LogP contribution < -0.4 is 10.1 Å². The van der Waals surface area contributed by atoms with Crippen LogP contribution in [0.4, 0.5) is 5.69 Å². The third kappa shape index (κ3) is 3.09. The molecule has 1 heterocycles. The summed E-state index contributed by atoms with van der Waals surface area (Å²) in [5.41, 5.74) is 3.06. The van der Waals surface area contributed by atoms with Gasteiger partial charge in [-0.05, 0) is 30.3 Å². The van der Waals surface area contributed by atoms with Crippen LogP contribution in [0.2, 0.25) is 0 Å². The smallest absolute Gasteiger partial charge is 0.124 e. The molecule has 1 unspecified atom stereocenters. The first-order chi connectivity index (χ1) is 10.9. The van der Waals surface area contributed by atoms with E-state index in [9.17, 15) is 0 Å². The highest BCUT2D eigenvalue weighted by atomic mass is 16.5. The Kier molecular flexibility index (Phi) is 4.35. The van der Waals surface area contributed by atoms with Gasteiger partial charge >= 0.3 is 0 Å². The number of para-hydroxylation sites is 2. The molecule has 110 valence electrons. The van der Waals surface area contributed by atoms with Gasteiger partial charge in [-0.25, -0.2) is 0 Å². The Morgan fingerprint density at radius 1 is 0.864 bits per heavy atom. The number of nitrogens with one attached hydrogen (secondary N) is 1. The SMILES string of the molecule is COc1ccccc1C(Nc1ccccc1)c1ccccn1. The summed E-state index contributed by atoms with van der Waals surface area (Å²) < 4.78 is 5.52. The van der Waals surface area contributed by atoms with E-state index >= 15 is 0 Å². The topological polar surface area (TPSA) is 34.1 Å². The molecule has 0 saturated carbocycles. The number of pyridine rings is 1. The maximum atomic E-state index is 5.52. The van der Waals surface area contributed by atoms with Crippen LogP contribution in [0.25, 0.3) is 0 Å². The van der Waals surface area contributed by atoms with Gasteiger partial charge in [0.25, 0.3) is 0 Å². The van der Waals surface area contributed by atoms with Gasteiger partial charge in [0.15, 0.2) is 0 Å². The largest absolute Gasteiger partial charge is 0.496 e. The van der Waals surface area contributed by atoms with Crippen molar-refractivity contribution < 1.29 is 4.74 Å². The standard InChI is InChI=1S/C19H18N2O/c1-22-18-13-6-5-11-16(18)19(17-12-7-8-14-20-17)21-15-9-3-2-4-10-15/h2-14,19,21H,1H3. The molecule has 0 aliphatic rings. The number of anilines is 1. The molecule has 22 heavy (non-hydrogen) atoms. The first-order valence-electron chi connectivity index (χ1n) is 7.24. The normalized spacial score (nSPS) is 11.7. The maximum Gasteiger partial charge on any atom is 0.124 e. The number of benzene rings is 2. The van der Waals surface area contributed by atoms with E-state index in [4.69, 9.17) is 4.74 Å². The highest BCUT2D eigenvalue weighted by Crippen LogP contribution is 2.31. The van der Waals surface area contributed by atoms with Crippen LogP contribution in [0.1, 0.15) is 17.3 Å². The molecule has 3 aromatic rings. The molecule has 0 amide bonds. The van der Waals surface area contributed by atoms with Crippen molar-refractivity contribution in [2.24, 2.45) is 0 Å². The minimum absolute atomic E-state index is 0.0697. The Labute approximate surface area is 130 Å². The average Bonchev–Trinajstić information content (AvgIpc) is 2.61. The van der Waals surface area contributed by atoms with Crippen molar-refractivity contribution in [1.29, 1.82) is 0 Å². The van der Waals surface area contributed by atoms with Crippen molar-refractivity contribution >= 4 is 5.69 Å². The van der Waals surface area contributed by atoms with E-state index in [-0.39, 0.29) is 6.04 Å². The predicted octanol–water partition coefficient (Wildman–Crippen LogP) is 4.29. The Balaban J connectivity index is 2.03. The van der Waals surface area contributed by atoms with Crippen LogP contribution in [0.5, 0.6) is 5.75 Å². The van der Waals surface area contributed by atoms with Gasteiger partial charge in [-0.2, -0.15) is 0 Å². The van der Waals surface area contributed by atoms with Crippen LogP contribution in [-0.2, 0) is 0 Å². The van der Waals surface area contributed by atoms with E-state index in [1.54, 1.807) is 7.11 Å². The van der Waals surface area contributed by atoms with Crippen molar-refractivity contribution in [3.63, 3.8) is 0 Å². The molecule has 3 rings (SSSR count). The Hall–Kier alpha value is -2.81. The molecular formula is C19H18N2O. The highest BCUT2D eigenvalue weighted by Gasteiger charge is 2.18. The van der Waals surface area contributed by atoms with E-state index < -0.39 is 0 Å². The fraction of sp³-hybridized carbons (Fsp3) is 0.105. The van der Waals surface area contributed by atoms with Crippen LogP contribution >= 0.6 is 0 Å². The summed E-state index contributed by atoms with van der Waals surface area (Å²) >= 11 is 0. The first kappa shape index (κ1) is 14.1. The highest BCUT2D eigenvalue weighted by molar-refractivity contribution is 5.50. The lowest BCUT2D eigenvalue weighted by molar-refractivity contribution is 0.408. The molecule has 0 aliphatic heterocycles. The zero-order valence-corrected chi connectivity index (χ0v) is 12.4. The van der Waals surface area contributed by atoms with Crippen LogP contribution in [0, 0.1) is 0 Å². The zero-order chi connectivity index (χ0) is 15.2. The minimum atomic E-state index is -0.0697. The number of hydrogen-bond donors (Lipinski definition) is 1. The molecule has 0 radical (unpaired) electrons. The van der Waals surface area contributed by atoms with Gasteiger partial charge in [0.05, 0.1) is 18.8 Å². The number of methoxy groups -OCH3 is 1. The lowest BCUT2D eigenvalue weighted by Gasteiger charge is -2.22. The van der Waals surface area contributed by atoms with Crippen LogP contribution in [-0.4, -0.2) is 12.1 Å². The summed E-state index contributed by atoms with van der Waals surface area (Å²) in [6, 6.07) is 24.0. The Bertz CT molecular complexity index is 714. The van der Waals surface area contributed by atoms with E-state index in [1.807, 2.05) is 72.9 Å². The zero-order valence-electron chi connectivity index (χ0n) is 12.4. The third-order valence-electron chi connectivity index (χ3n) is 3.52. The Morgan fingerprint density at radius 3 is 2.32 bits per heavy atom. The van der Waals surface area contributed by atoms with Crippen LogP contribution in [0.15, 0.2) is 79.0 Å². The summed E-state index contributed by atoms with van der Waals surface area (Å²) in [6.45, 7) is 0. The molecule has 0 spiro atoms. The van der Waals surface area contributed by atoms with Crippen LogP contribution in [0.3, 0.4) is 0 Å². The quantitative estimate of drug-likeness (QED) is 0.761. The van der Waals surface area contributed by atoms with E-state index in [0.29, 0.717) is 0 Å². The van der Waals surface area contributed by atoms with Gasteiger partial charge in [0, 0.05) is 17.4 Å². The lowest BCUT2D eigenvalue weighted by atomic mass is 10.0. The van der Waals surface area contributed by atoms with Crippen molar-refractivity contribution in [2.45, 2.75) is 6.04 Å². The third-order valence-corrected chi connectivity index (χ3v) is 3.52. The van der Waals surface area contributed by atoms with Gasteiger partial charge in [-0.1, -0.05) is 42.5 Å². The molecular weight excluding hydrogens is 272 g/mol. The van der Waals surface area contributed by atoms with E-state index in [0.717, 1.165) is 22.7 Å². The maximum absolute atomic E-state index is 5.52. The Morgan fingerprint density at radius 2 is 1.59 bits per heavy atom. The van der Waals surface area contributed by atoms with E-state index in [1.165, 1.54) is 0 Å². The lowest BCUT2D eigenvalue weighted by Crippen LogP contribution is -2.14. The summed E-state index contributed by atoms with van der Waals surface area (Å²) in [5, 5.41) is 3.54. The number of aromatic nitrogens is 1. The molecule has 0 saturated heterocycles.